The average Bonchev–Trinajstić information content (AvgIpc) is 3.16. The van der Waals surface area contributed by atoms with E-state index in [0.717, 1.165) is 6.42 Å². The Balaban J connectivity index is 1.82. The van der Waals surface area contributed by atoms with Gasteiger partial charge in [-0.05, 0) is 62.0 Å². The number of allylic oxidation sites excluding steroid dienone is 2. The Morgan fingerprint density at radius 1 is 1.32 bits per heavy atom. The number of unbranched alkanes of at least 4 members (excludes halogenated alkanes) is 1. The lowest BCUT2D eigenvalue weighted by Gasteiger charge is -2.19. The number of rotatable bonds is 11. The first-order chi connectivity index (χ1) is 13.4. The molecular formula is C22H32O5S. The molecule has 1 saturated carbocycles. The van der Waals surface area contributed by atoms with Crippen LogP contribution in [0.4, 0.5) is 0 Å². The van der Waals surface area contributed by atoms with Crippen LogP contribution in [0.1, 0.15) is 49.0 Å². The molecule has 0 amide bonds. The van der Waals surface area contributed by atoms with Gasteiger partial charge in [0.05, 0.1) is 18.3 Å². The lowest BCUT2D eigenvalue weighted by Crippen LogP contribution is -2.20. The molecular weight excluding hydrogens is 376 g/mol. The molecule has 1 aromatic heterocycles. The Hall–Kier alpha value is -1.47. The van der Waals surface area contributed by atoms with Gasteiger partial charge < -0.3 is 20.4 Å². The molecule has 1 aromatic rings. The first-order valence-corrected chi connectivity index (χ1v) is 10.9. The lowest BCUT2D eigenvalue weighted by molar-refractivity contribution is -0.137. The number of aliphatic hydroxyl groups is 3. The number of aliphatic hydroxyl groups excluding tert-OH is 3. The second kappa shape index (κ2) is 11.5. The van der Waals surface area contributed by atoms with E-state index in [1.165, 1.54) is 10.4 Å². The minimum Gasteiger partial charge on any atom is -0.481 e. The van der Waals surface area contributed by atoms with Gasteiger partial charge in [0.15, 0.2) is 0 Å². The summed E-state index contributed by atoms with van der Waals surface area (Å²) >= 11 is 1.70. The van der Waals surface area contributed by atoms with Crippen molar-refractivity contribution in [3.8, 4) is 0 Å². The standard InChI is InChI=1S/C22H32O5S/c1-15-12-13-28-21(15)11-9-16(23)8-10-18-17(19(24)14-20(18)25)6-4-2-3-5-7-22(26)27/h2,4,8,10,12-13,16-20,23-25H,3,5-7,9,11,14H2,1H3,(H,26,27)/b4-2+,10-8+. The van der Waals surface area contributed by atoms with Gasteiger partial charge in [-0.1, -0.05) is 24.3 Å². The second-order valence-electron chi connectivity index (χ2n) is 7.62. The predicted molar refractivity (Wildman–Crippen MR) is 111 cm³/mol. The van der Waals surface area contributed by atoms with E-state index in [4.69, 9.17) is 5.11 Å². The number of carbonyl (C=O) groups is 1. The number of carboxylic acids is 1. The zero-order valence-electron chi connectivity index (χ0n) is 16.4. The molecule has 156 valence electrons. The molecule has 0 spiro atoms. The van der Waals surface area contributed by atoms with E-state index >= 15 is 0 Å². The first kappa shape index (κ1) is 22.8. The molecule has 5 nitrogen and oxygen atoms in total. The van der Waals surface area contributed by atoms with Gasteiger partial charge in [-0.15, -0.1) is 11.3 Å². The van der Waals surface area contributed by atoms with Crippen LogP contribution in [0.3, 0.4) is 0 Å². The molecule has 0 aliphatic heterocycles. The molecule has 5 atom stereocenters. The van der Waals surface area contributed by atoms with Crippen LogP contribution < -0.4 is 0 Å². The summed E-state index contributed by atoms with van der Waals surface area (Å²) in [6, 6.07) is 2.08. The zero-order chi connectivity index (χ0) is 20.5. The maximum atomic E-state index is 10.5. The van der Waals surface area contributed by atoms with Crippen LogP contribution in [0, 0.1) is 18.8 Å². The highest BCUT2D eigenvalue weighted by atomic mass is 32.1. The third kappa shape index (κ3) is 7.17. The third-order valence-corrected chi connectivity index (χ3v) is 6.53. The van der Waals surface area contributed by atoms with Gasteiger partial charge in [-0.2, -0.15) is 0 Å². The van der Waals surface area contributed by atoms with Crippen LogP contribution in [0.15, 0.2) is 35.8 Å². The van der Waals surface area contributed by atoms with Crippen LogP contribution >= 0.6 is 11.3 Å². The fourth-order valence-corrected chi connectivity index (χ4v) is 4.67. The number of hydrogen-bond acceptors (Lipinski definition) is 5. The molecule has 1 aliphatic rings. The molecule has 5 unspecified atom stereocenters. The van der Waals surface area contributed by atoms with Gasteiger partial charge >= 0.3 is 5.97 Å². The second-order valence-corrected chi connectivity index (χ2v) is 8.62. The maximum Gasteiger partial charge on any atom is 0.303 e. The molecule has 0 aromatic carbocycles. The van der Waals surface area contributed by atoms with Crippen LogP contribution in [0.2, 0.25) is 0 Å². The van der Waals surface area contributed by atoms with E-state index < -0.39 is 24.3 Å². The minimum atomic E-state index is -0.791. The Morgan fingerprint density at radius 2 is 2.11 bits per heavy atom. The highest BCUT2D eigenvalue weighted by Gasteiger charge is 2.39. The molecule has 28 heavy (non-hydrogen) atoms. The van der Waals surface area contributed by atoms with E-state index in [1.54, 1.807) is 17.4 Å². The fourth-order valence-electron chi connectivity index (χ4n) is 3.74. The van der Waals surface area contributed by atoms with Crippen molar-refractivity contribution in [2.24, 2.45) is 11.8 Å². The fraction of sp³-hybridized carbons (Fsp3) is 0.591. The zero-order valence-corrected chi connectivity index (χ0v) is 17.2. The quantitative estimate of drug-likeness (QED) is 0.332. The molecule has 1 aliphatic carbocycles. The molecule has 1 heterocycles. The summed E-state index contributed by atoms with van der Waals surface area (Å²) in [6.45, 7) is 2.07. The Labute approximate surface area is 171 Å². The minimum absolute atomic E-state index is 0.0892. The summed E-state index contributed by atoms with van der Waals surface area (Å²) in [7, 11) is 0. The van der Waals surface area contributed by atoms with E-state index in [1.807, 2.05) is 18.2 Å². The Kier molecular flexibility index (Phi) is 9.38. The van der Waals surface area contributed by atoms with E-state index in [0.29, 0.717) is 32.1 Å². The van der Waals surface area contributed by atoms with E-state index in [9.17, 15) is 20.1 Å². The highest BCUT2D eigenvalue weighted by Crippen LogP contribution is 2.36. The van der Waals surface area contributed by atoms with Crippen LogP contribution in [0.25, 0.3) is 0 Å². The van der Waals surface area contributed by atoms with Gasteiger partial charge in [-0.3, -0.25) is 4.79 Å². The summed E-state index contributed by atoms with van der Waals surface area (Å²) in [6.07, 6.45) is 9.65. The molecule has 4 N–H and O–H groups in total. The Bertz CT molecular complexity index is 666. The smallest absolute Gasteiger partial charge is 0.303 e. The molecule has 1 fully saturated rings. The van der Waals surface area contributed by atoms with Crippen molar-refractivity contribution in [1.82, 2.24) is 0 Å². The summed E-state index contributed by atoms with van der Waals surface area (Å²) in [5.74, 6) is -1.06. The number of hydrogen-bond donors (Lipinski definition) is 4. The van der Waals surface area contributed by atoms with Crippen LogP contribution in [-0.4, -0.2) is 44.7 Å². The van der Waals surface area contributed by atoms with Crippen molar-refractivity contribution in [2.75, 3.05) is 0 Å². The topological polar surface area (TPSA) is 98.0 Å². The van der Waals surface area contributed by atoms with Gasteiger partial charge in [0.25, 0.3) is 0 Å². The number of carboxylic acid groups (broad SMARTS) is 1. The molecule has 2 rings (SSSR count). The number of aryl methyl sites for hydroxylation is 2. The molecule has 6 heteroatoms. The van der Waals surface area contributed by atoms with Crippen LogP contribution in [0.5, 0.6) is 0 Å². The first-order valence-electron chi connectivity index (χ1n) is 10.0. The maximum absolute atomic E-state index is 10.5. The number of thiophene rings is 1. The van der Waals surface area contributed by atoms with E-state index in [-0.39, 0.29) is 18.3 Å². The average molecular weight is 409 g/mol. The van der Waals surface area contributed by atoms with Gasteiger partial charge in [-0.25, -0.2) is 0 Å². The number of aliphatic carboxylic acids is 1. The van der Waals surface area contributed by atoms with Crippen molar-refractivity contribution in [3.05, 3.63) is 46.2 Å². The van der Waals surface area contributed by atoms with Gasteiger partial charge in [0.2, 0.25) is 0 Å². The van der Waals surface area contributed by atoms with Gasteiger partial charge in [0.1, 0.15) is 0 Å². The van der Waals surface area contributed by atoms with E-state index in [2.05, 4.69) is 18.4 Å². The normalized spacial score (nSPS) is 26.4. The summed E-state index contributed by atoms with van der Waals surface area (Å²) < 4.78 is 0. The summed E-state index contributed by atoms with van der Waals surface area (Å²) in [5, 5.41) is 41.5. The molecule has 0 radical (unpaired) electrons. The monoisotopic (exact) mass is 408 g/mol. The lowest BCUT2D eigenvalue weighted by atomic mass is 9.89. The largest absolute Gasteiger partial charge is 0.481 e. The van der Waals surface area contributed by atoms with Crippen molar-refractivity contribution in [3.63, 3.8) is 0 Å². The molecule has 0 bridgehead atoms. The third-order valence-electron chi connectivity index (χ3n) is 5.44. The Morgan fingerprint density at radius 3 is 2.79 bits per heavy atom. The summed E-state index contributed by atoms with van der Waals surface area (Å²) in [5.41, 5.74) is 1.26. The van der Waals surface area contributed by atoms with Crippen LogP contribution in [-0.2, 0) is 11.2 Å². The van der Waals surface area contributed by atoms with Crippen molar-refractivity contribution >= 4 is 17.3 Å². The van der Waals surface area contributed by atoms with Crippen molar-refractivity contribution < 1.29 is 25.2 Å². The molecule has 0 saturated heterocycles. The highest BCUT2D eigenvalue weighted by molar-refractivity contribution is 7.10. The van der Waals surface area contributed by atoms with Gasteiger partial charge in [0, 0.05) is 23.6 Å². The predicted octanol–water partition coefficient (Wildman–Crippen LogP) is 3.47. The summed E-state index contributed by atoms with van der Waals surface area (Å²) in [4.78, 5) is 11.8. The van der Waals surface area contributed by atoms with Crippen molar-refractivity contribution in [2.45, 2.75) is 70.2 Å². The van der Waals surface area contributed by atoms with Crippen molar-refractivity contribution in [1.29, 1.82) is 0 Å². The SMILES string of the molecule is Cc1ccsc1CCC(O)/C=C/C1C(O)CC(O)C1C/C=C/CCCC(=O)O.